The Hall–Kier alpha value is -2.18. The predicted octanol–water partition coefficient (Wildman–Crippen LogP) is -0.345. The van der Waals surface area contributed by atoms with Gasteiger partial charge in [-0.3, -0.25) is 9.59 Å². The van der Waals surface area contributed by atoms with Crippen molar-refractivity contribution in [2.24, 2.45) is 5.10 Å². The molecule has 0 saturated carbocycles. The van der Waals surface area contributed by atoms with E-state index in [1.807, 2.05) is 10.8 Å². The summed E-state index contributed by atoms with van der Waals surface area (Å²) in [6, 6.07) is 0. The van der Waals surface area contributed by atoms with Crippen molar-refractivity contribution in [1.82, 2.24) is 20.3 Å². The van der Waals surface area contributed by atoms with Crippen molar-refractivity contribution in [3.8, 4) is 0 Å². The topological polar surface area (TPSA) is 88.4 Å². The third-order valence-electron chi connectivity index (χ3n) is 2.59. The molecule has 1 aliphatic rings. The van der Waals surface area contributed by atoms with Crippen LogP contribution in [0.2, 0.25) is 0 Å². The molecule has 0 radical (unpaired) electrons. The molecule has 1 aromatic heterocycles. The number of unbranched alkanes of at least 4 members (excludes halogenated alkanes) is 1. The van der Waals surface area contributed by atoms with Gasteiger partial charge in [-0.25, -0.2) is 10.4 Å². The van der Waals surface area contributed by atoms with Gasteiger partial charge in [0.1, 0.15) is 5.71 Å². The van der Waals surface area contributed by atoms with E-state index in [9.17, 15) is 9.59 Å². The number of hydrogen-bond donors (Lipinski definition) is 2. The monoisotopic (exact) mass is 249 g/mol. The largest absolute Gasteiger partial charge is 0.351 e. The predicted molar refractivity (Wildman–Crippen MR) is 64.7 cm³/mol. The molecule has 2 amide bonds. The molecule has 2 heterocycles. The van der Waals surface area contributed by atoms with Gasteiger partial charge in [0.2, 0.25) is 5.91 Å². The normalized spacial score (nSPS) is 14.2. The summed E-state index contributed by atoms with van der Waals surface area (Å²) in [5, 5.41) is 6.39. The first-order valence-corrected chi connectivity index (χ1v) is 5.85. The molecular formula is C11H15N5O2. The number of hydrazone groups is 1. The Morgan fingerprint density at radius 3 is 3.06 bits per heavy atom. The number of carbonyl (C=O) groups is 2. The van der Waals surface area contributed by atoms with Crippen LogP contribution in [0.25, 0.3) is 0 Å². The number of hydrogen-bond acceptors (Lipinski definition) is 4. The minimum Gasteiger partial charge on any atom is -0.351 e. The van der Waals surface area contributed by atoms with E-state index >= 15 is 0 Å². The highest BCUT2D eigenvalue weighted by Crippen LogP contribution is 1.97. The molecule has 0 atom stereocenters. The maximum atomic E-state index is 11.5. The van der Waals surface area contributed by atoms with Gasteiger partial charge in [-0.15, -0.1) is 0 Å². The van der Waals surface area contributed by atoms with E-state index in [0.29, 0.717) is 6.54 Å². The Balaban J connectivity index is 1.58. The maximum absolute atomic E-state index is 11.5. The summed E-state index contributed by atoms with van der Waals surface area (Å²) in [5.41, 5.74) is 2.51. The van der Waals surface area contributed by atoms with Crippen LogP contribution in [0.3, 0.4) is 0 Å². The zero-order valence-electron chi connectivity index (χ0n) is 9.93. The molecule has 0 spiro atoms. The van der Waals surface area contributed by atoms with Crippen molar-refractivity contribution in [2.45, 2.75) is 25.8 Å². The zero-order valence-corrected chi connectivity index (χ0v) is 9.93. The van der Waals surface area contributed by atoms with Gasteiger partial charge in [0, 0.05) is 25.5 Å². The molecule has 1 aromatic rings. The SMILES string of the molecule is O=C1CC(C(=O)NCCCCn2ccnc2)=NN1. The van der Waals surface area contributed by atoms with Crippen molar-refractivity contribution in [2.75, 3.05) is 6.54 Å². The molecule has 18 heavy (non-hydrogen) atoms. The van der Waals surface area contributed by atoms with Crippen molar-refractivity contribution in [3.63, 3.8) is 0 Å². The van der Waals surface area contributed by atoms with E-state index in [-0.39, 0.29) is 23.9 Å². The summed E-state index contributed by atoms with van der Waals surface area (Å²) >= 11 is 0. The van der Waals surface area contributed by atoms with Crippen molar-refractivity contribution < 1.29 is 9.59 Å². The number of rotatable bonds is 6. The Morgan fingerprint density at radius 1 is 1.50 bits per heavy atom. The molecule has 2 N–H and O–H groups in total. The quantitative estimate of drug-likeness (QED) is 0.676. The minimum absolute atomic E-state index is 0.0703. The number of nitrogens with zero attached hydrogens (tertiary/aromatic N) is 3. The first-order chi connectivity index (χ1) is 8.75. The lowest BCUT2D eigenvalue weighted by atomic mass is 10.2. The molecule has 0 aromatic carbocycles. The maximum Gasteiger partial charge on any atom is 0.268 e. The third kappa shape index (κ3) is 3.41. The summed E-state index contributed by atoms with van der Waals surface area (Å²) in [4.78, 5) is 26.3. The molecule has 1 aliphatic heterocycles. The van der Waals surface area contributed by atoms with E-state index in [2.05, 4.69) is 20.8 Å². The van der Waals surface area contributed by atoms with E-state index < -0.39 is 0 Å². The molecule has 0 fully saturated rings. The highest BCUT2D eigenvalue weighted by Gasteiger charge is 2.20. The van der Waals surface area contributed by atoms with E-state index in [0.717, 1.165) is 19.4 Å². The lowest BCUT2D eigenvalue weighted by molar-refractivity contribution is -0.120. The average Bonchev–Trinajstić information content (AvgIpc) is 2.99. The lowest BCUT2D eigenvalue weighted by Gasteiger charge is -2.04. The molecule has 0 aliphatic carbocycles. The highest BCUT2D eigenvalue weighted by atomic mass is 16.2. The van der Waals surface area contributed by atoms with Gasteiger partial charge in [-0.2, -0.15) is 5.10 Å². The van der Waals surface area contributed by atoms with Crippen molar-refractivity contribution in [1.29, 1.82) is 0 Å². The van der Waals surface area contributed by atoms with Crippen LogP contribution in [0.1, 0.15) is 19.3 Å². The van der Waals surface area contributed by atoms with Gasteiger partial charge in [0.15, 0.2) is 0 Å². The highest BCUT2D eigenvalue weighted by molar-refractivity contribution is 6.43. The third-order valence-corrected chi connectivity index (χ3v) is 2.59. The molecule has 0 saturated heterocycles. The molecule has 96 valence electrons. The Bertz CT molecular complexity index is 452. The smallest absolute Gasteiger partial charge is 0.268 e. The van der Waals surface area contributed by atoms with Crippen LogP contribution in [0.4, 0.5) is 0 Å². The van der Waals surface area contributed by atoms with Crippen LogP contribution >= 0.6 is 0 Å². The first-order valence-electron chi connectivity index (χ1n) is 5.85. The van der Waals surface area contributed by atoms with Gasteiger partial charge in [-0.1, -0.05) is 0 Å². The number of amides is 2. The van der Waals surface area contributed by atoms with Gasteiger partial charge in [0.25, 0.3) is 5.91 Å². The number of aromatic nitrogens is 2. The second kappa shape index (κ2) is 5.95. The number of aryl methyl sites for hydroxylation is 1. The summed E-state index contributed by atoms with van der Waals surface area (Å²) in [5.74, 6) is -0.503. The van der Waals surface area contributed by atoms with E-state index in [1.54, 1.807) is 12.5 Å². The van der Waals surface area contributed by atoms with Crippen molar-refractivity contribution >= 4 is 17.5 Å². The van der Waals surface area contributed by atoms with Gasteiger partial charge >= 0.3 is 0 Å². The molecule has 7 heteroatoms. The Kier molecular flexibility index (Phi) is 4.06. The van der Waals surface area contributed by atoms with Gasteiger partial charge < -0.3 is 9.88 Å². The number of carbonyl (C=O) groups excluding carboxylic acids is 2. The van der Waals surface area contributed by atoms with Gasteiger partial charge in [0.05, 0.1) is 12.7 Å². The summed E-state index contributed by atoms with van der Waals surface area (Å²) < 4.78 is 1.99. The van der Waals surface area contributed by atoms with E-state index in [4.69, 9.17) is 0 Å². The second-order valence-corrected chi connectivity index (χ2v) is 4.03. The summed E-state index contributed by atoms with van der Waals surface area (Å²) in [6.07, 6.45) is 7.32. The molecule has 0 bridgehead atoms. The lowest BCUT2D eigenvalue weighted by Crippen LogP contribution is -2.31. The molecule has 0 unspecified atom stereocenters. The van der Waals surface area contributed by atoms with Crippen LogP contribution in [-0.4, -0.2) is 33.6 Å². The fourth-order valence-corrected chi connectivity index (χ4v) is 1.63. The fraction of sp³-hybridized carbons (Fsp3) is 0.455. The van der Waals surface area contributed by atoms with Crippen LogP contribution in [0, 0.1) is 0 Å². The number of imidazole rings is 1. The fourth-order valence-electron chi connectivity index (χ4n) is 1.63. The van der Waals surface area contributed by atoms with Gasteiger partial charge in [-0.05, 0) is 12.8 Å². The summed E-state index contributed by atoms with van der Waals surface area (Å²) in [6.45, 7) is 1.47. The molecule has 2 rings (SSSR count). The van der Waals surface area contributed by atoms with Crippen LogP contribution in [0.5, 0.6) is 0 Å². The average molecular weight is 249 g/mol. The van der Waals surface area contributed by atoms with Crippen LogP contribution in [0.15, 0.2) is 23.8 Å². The first kappa shape index (κ1) is 12.3. The number of nitrogens with one attached hydrogen (secondary N) is 2. The standard InChI is InChI=1S/C11H15N5O2/c17-10-7-9(14-15-10)11(18)13-3-1-2-5-16-6-4-12-8-16/h4,6,8H,1-3,5,7H2,(H,13,18)(H,15,17). The molecular weight excluding hydrogens is 234 g/mol. The second-order valence-electron chi connectivity index (χ2n) is 4.03. The molecule has 7 nitrogen and oxygen atoms in total. The van der Waals surface area contributed by atoms with Crippen molar-refractivity contribution in [3.05, 3.63) is 18.7 Å². The minimum atomic E-state index is -0.268. The Labute approximate surface area is 104 Å². The Morgan fingerprint density at radius 2 is 2.39 bits per heavy atom. The van der Waals surface area contributed by atoms with Crippen LogP contribution < -0.4 is 10.7 Å². The summed E-state index contributed by atoms with van der Waals surface area (Å²) in [7, 11) is 0. The zero-order chi connectivity index (χ0) is 12.8. The van der Waals surface area contributed by atoms with Crippen LogP contribution in [-0.2, 0) is 16.1 Å². The van der Waals surface area contributed by atoms with E-state index in [1.165, 1.54) is 0 Å².